The fraction of sp³-hybridized carbons (Fsp3) is 0.143. The average molecular weight is 418 g/mol. The van der Waals surface area contributed by atoms with E-state index in [-0.39, 0.29) is 10.6 Å². The summed E-state index contributed by atoms with van der Waals surface area (Å²) in [5.41, 5.74) is 2.66. The monoisotopic (exact) mass is 417 g/mol. The van der Waals surface area contributed by atoms with E-state index in [1.54, 1.807) is 36.4 Å². The molecule has 3 aromatic carbocycles. The lowest BCUT2D eigenvalue weighted by Gasteiger charge is -2.13. The van der Waals surface area contributed by atoms with Crippen LogP contribution in [0.25, 0.3) is 0 Å². The minimum absolute atomic E-state index is 0.0876. The van der Waals surface area contributed by atoms with Crippen LogP contribution in [-0.2, 0) is 16.7 Å². The van der Waals surface area contributed by atoms with Crippen LogP contribution in [0.15, 0.2) is 71.6 Å². The molecule has 0 bridgehead atoms. The SMILES string of the molecule is COc1cc(CNc2ccccc2Cl)ccc1OS(=O)(=O)c1ccc(C)cc1. The predicted octanol–water partition coefficient (Wildman–Crippen LogP) is 5.04. The van der Waals surface area contributed by atoms with Crippen LogP contribution in [0.4, 0.5) is 5.69 Å². The number of benzene rings is 3. The molecule has 0 saturated heterocycles. The normalized spacial score (nSPS) is 11.1. The summed E-state index contributed by atoms with van der Waals surface area (Å²) in [6.07, 6.45) is 0. The first-order valence-electron chi connectivity index (χ1n) is 8.55. The highest BCUT2D eigenvalue weighted by molar-refractivity contribution is 7.87. The molecule has 0 atom stereocenters. The highest BCUT2D eigenvalue weighted by Crippen LogP contribution is 2.31. The Kier molecular flexibility index (Phi) is 6.11. The fourth-order valence-corrected chi connectivity index (χ4v) is 3.71. The lowest BCUT2D eigenvalue weighted by molar-refractivity contribution is 0.390. The number of methoxy groups -OCH3 is 1. The molecule has 0 amide bonds. The second-order valence-corrected chi connectivity index (χ2v) is 8.12. The summed E-state index contributed by atoms with van der Waals surface area (Å²) in [6, 6.07) is 19.0. The van der Waals surface area contributed by atoms with E-state index in [4.69, 9.17) is 20.5 Å². The predicted molar refractivity (Wildman–Crippen MR) is 111 cm³/mol. The smallest absolute Gasteiger partial charge is 0.339 e. The molecule has 0 aliphatic rings. The zero-order valence-corrected chi connectivity index (χ0v) is 17.0. The topological polar surface area (TPSA) is 64.6 Å². The van der Waals surface area contributed by atoms with Crippen LogP contribution in [0.5, 0.6) is 11.5 Å². The quantitative estimate of drug-likeness (QED) is 0.546. The van der Waals surface area contributed by atoms with Gasteiger partial charge in [0, 0.05) is 6.54 Å². The van der Waals surface area contributed by atoms with Crippen molar-refractivity contribution >= 4 is 27.4 Å². The van der Waals surface area contributed by atoms with Gasteiger partial charge in [0.1, 0.15) is 4.90 Å². The van der Waals surface area contributed by atoms with E-state index in [9.17, 15) is 8.42 Å². The lowest BCUT2D eigenvalue weighted by Crippen LogP contribution is -2.10. The van der Waals surface area contributed by atoms with Crippen LogP contribution in [0, 0.1) is 6.92 Å². The van der Waals surface area contributed by atoms with Crippen LogP contribution >= 0.6 is 11.6 Å². The molecule has 28 heavy (non-hydrogen) atoms. The van der Waals surface area contributed by atoms with Crippen LogP contribution < -0.4 is 14.2 Å². The van der Waals surface area contributed by atoms with Crippen LogP contribution in [0.1, 0.15) is 11.1 Å². The maximum atomic E-state index is 12.5. The number of hydrogen-bond acceptors (Lipinski definition) is 5. The van der Waals surface area contributed by atoms with E-state index in [0.717, 1.165) is 16.8 Å². The third-order valence-corrected chi connectivity index (χ3v) is 5.67. The highest BCUT2D eigenvalue weighted by atomic mass is 35.5. The third-order valence-electron chi connectivity index (χ3n) is 4.09. The molecule has 0 spiro atoms. The van der Waals surface area contributed by atoms with Crippen molar-refractivity contribution < 1.29 is 17.3 Å². The van der Waals surface area contributed by atoms with Gasteiger partial charge in [0.25, 0.3) is 0 Å². The number of halogens is 1. The second kappa shape index (κ2) is 8.54. The van der Waals surface area contributed by atoms with Crippen molar-refractivity contribution in [2.75, 3.05) is 12.4 Å². The number of aryl methyl sites for hydroxylation is 1. The molecule has 0 heterocycles. The summed E-state index contributed by atoms with van der Waals surface area (Å²) in [5.74, 6) is 0.457. The van der Waals surface area contributed by atoms with Gasteiger partial charge in [-0.3, -0.25) is 0 Å². The van der Waals surface area contributed by atoms with Gasteiger partial charge in [-0.15, -0.1) is 0 Å². The molecule has 146 valence electrons. The van der Waals surface area contributed by atoms with Gasteiger partial charge in [-0.1, -0.05) is 47.5 Å². The largest absolute Gasteiger partial charge is 0.493 e. The van der Waals surface area contributed by atoms with Gasteiger partial charge in [-0.05, 0) is 48.9 Å². The summed E-state index contributed by atoms with van der Waals surface area (Å²) in [6.45, 7) is 2.38. The molecule has 3 rings (SSSR count). The maximum Gasteiger partial charge on any atom is 0.339 e. The number of para-hydroxylation sites is 1. The Labute approximate surface area is 170 Å². The molecule has 5 nitrogen and oxygen atoms in total. The maximum absolute atomic E-state index is 12.5. The van der Waals surface area contributed by atoms with Gasteiger partial charge in [0.2, 0.25) is 0 Å². The van der Waals surface area contributed by atoms with Crippen LogP contribution in [-0.4, -0.2) is 15.5 Å². The lowest BCUT2D eigenvalue weighted by atomic mass is 10.2. The Morgan fingerprint density at radius 2 is 1.68 bits per heavy atom. The minimum atomic E-state index is -3.95. The number of rotatable bonds is 7. The van der Waals surface area contributed by atoms with E-state index in [1.165, 1.54) is 19.2 Å². The summed E-state index contributed by atoms with van der Waals surface area (Å²) in [5, 5.41) is 3.86. The fourth-order valence-electron chi connectivity index (χ4n) is 2.56. The Bertz CT molecular complexity index is 1070. The summed E-state index contributed by atoms with van der Waals surface area (Å²) >= 11 is 6.14. The van der Waals surface area contributed by atoms with Gasteiger partial charge in [-0.25, -0.2) is 0 Å². The minimum Gasteiger partial charge on any atom is -0.493 e. The highest BCUT2D eigenvalue weighted by Gasteiger charge is 2.19. The molecular weight excluding hydrogens is 398 g/mol. The molecule has 3 aromatic rings. The molecule has 0 aliphatic carbocycles. The Morgan fingerprint density at radius 1 is 0.964 bits per heavy atom. The van der Waals surface area contributed by atoms with Gasteiger partial charge in [0.15, 0.2) is 11.5 Å². The average Bonchev–Trinajstić information content (AvgIpc) is 2.68. The van der Waals surface area contributed by atoms with E-state index in [1.807, 2.05) is 25.1 Å². The van der Waals surface area contributed by atoms with Crippen molar-refractivity contribution in [3.8, 4) is 11.5 Å². The van der Waals surface area contributed by atoms with Gasteiger partial charge >= 0.3 is 10.1 Å². The zero-order chi connectivity index (χ0) is 20.1. The van der Waals surface area contributed by atoms with Crippen molar-refractivity contribution in [1.82, 2.24) is 0 Å². The molecule has 1 N–H and O–H groups in total. The number of hydrogen-bond donors (Lipinski definition) is 1. The molecule has 0 radical (unpaired) electrons. The summed E-state index contributed by atoms with van der Waals surface area (Å²) < 4.78 is 35.6. The molecule has 0 unspecified atom stereocenters. The first-order chi connectivity index (χ1) is 13.4. The second-order valence-electron chi connectivity index (χ2n) is 6.17. The third kappa shape index (κ3) is 4.77. The molecule has 7 heteroatoms. The van der Waals surface area contributed by atoms with E-state index < -0.39 is 10.1 Å². The summed E-state index contributed by atoms with van der Waals surface area (Å²) in [4.78, 5) is 0.0876. The number of ether oxygens (including phenoxy) is 1. The van der Waals surface area contributed by atoms with Gasteiger partial charge < -0.3 is 14.2 Å². The number of anilines is 1. The van der Waals surface area contributed by atoms with E-state index in [0.29, 0.717) is 17.3 Å². The Morgan fingerprint density at radius 3 is 2.36 bits per heavy atom. The summed E-state index contributed by atoms with van der Waals surface area (Å²) in [7, 11) is -2.49. The molecule has 0 saturated carbocycles. The molecule has 0 fully saturated rings. The molecular formula is C21H20ClNO4S. The van der Waals surface area contributed by atoms with Crippen molar-refractivity contribution in [3.05, 3.63) is 82.9 Å². The Hall–Kier alpha value is -2.70. The van der Waals surface area contributed by atoms with E-state index in [2.05, 4.69) is 5.32 Å². The number of nitrogens with one attached hydrogen (secondary N) is 1. The van der Waals surface area contributed by atoms with Crippen molar-refractivity contribution in [2.45, 2.75) is 18.4 Å². The van der Waals surface area contributed by atoms with Crippen molar-refractivity contribution in [1.29, 1.82) is 0 Å². The zero-order valence-electron chi connectivity index (χ0n) is 15.5. The van der Waals surface area contributed by atoms with Crippen molar-refractivity contribution in [2.24, 2.45) is 0 Å². The van der Waals surface area contributed by atoms with Crippen LogP contribution in [0.3, 0.4) is 0 Å². The van der Waals surface area contributed by atoms with Gasteiger partial charge in [-0.2, -0.15) is 8.42 Å². The van der Waals surface area contributed by atoms with E-state index >= 15 is 0 Å². The first-order valence-corrected chi connectivity index (χ1v) is 10.3. The molecule has 0 aliphatic heterocycles. The van der Waals surface area contributed by atoms with Gasteiger partial charge in [0.05, 0.1) is 17.8 Å². The molecule has 0 aromatic heterocycles. The Balaban J connectivity index is 1.77. The first kappa shape index (κ1) is 20.0. The van der Waals surface area contributed by atoms with Crippen LogP contribution in [0.2, 0.25) is 5.02 Å². The standard InChI is InChI=1S/C21H20ClNO4S/c1-15-7-10-17(11-8-15)28(24,25)27-20-12-9-16(13-21(20)26-2)14-23-19-6-4-3-5-18(19)22/h3-13,23H,14H2,1-2H3. The van der Waals surface area contributed by atoms with Crippen molar-refractivity contribution in [3.63, 3.8) is 0 Å².